The number of hydrogen-bond acceptors (Lipinski definition) is 6. The number of hydrazone groups is 1. The third kappa shape index (κ3) is 6.32. The molecule has 1 N–H and O–H groups in total. The lowest BCUT2D eigenvalue weighted by Crippen LogP contribution is -2.44. The van der Waals surface area contributed by atoms with E-state index in [-0.39, 0.29) is 17.8 Å². The average molecular weight is 441 g/mol. The smallest absolute Gasteiger partial charge is 0.306 e. The van der Waals surface area contributed by atoms with Crippen LogP contribution in [0, 0.1) is 5.92 Å². The van der Waals surface area contributed by atoms with E-state index in [1.807, 2.05) is 13.0 Å². The van der Waals surface area contributed by atoms with Gasteiger partial charge in [0.2, 0.25) is 5.91 Å². The van der Waals surface area contributed by atoms with E-state index < -0.39 is 0 Å². The number of rotatable bonds is 6. The molecule has 1 atom stereocenters. The van der Waals surface area contributed by atoms with Gasteiger partial charge in [-0.1, -0.05) is 23.2 Å². The highest BCUT2D eigenvalue weighted by Gasteiger charge is 2.25. The molecule has 3 rings (SSSR count). The maximum atomic E-state index is 12.5. The molecule has 0 aliphatic carbocycles. The number of nitrogens with one attached hydrogen (secondary N) is 1. The van der Waals surface area contributed by atoms with Gasteiger partial charge < -0.3 is 10.1 Å². The van der Waals surface area contributed by atoms with Crippen LogP contribution in [-0.2, 0) is 14.3 Å². The van der Waals surface area contributed by atoms with Gasteiger partial charge in [-0.25, -0.2) is 0 Å². The average Bonchev–Trinajstić information content (AvgIpc) is 3.12. The summed E-state index contributed by atoms with van der Waals surface area (Å²) in [5.41, 5.74) is 0.835. The zero-order valence-corrected chi connectivity index (χ0v) is 18.0. The van der Waals surface area contributed by atoms with Gasteiger partial charge in [-0.15, -0.1) is 0 Å². The summed E-state index contributed by atoms with van der Waals surface area (Å²) in [4.78, 5) is 26.3. The van der Waals surface area contributed by atoms with E-state index in [1.54, 1.807) is 17.1 Å². The van der Waals surface area contributed by atoms with Crippen LogP contribution in [-0.4, -0.2) is 55.4 Å². The van der Waals surface area contributed by atoms with Crippen LogP contribution in [0.4, 0.5) is 5.69 Å². The van der Waals surface area contributed by atoms with Crippen LogP contribution in [0.1, 0.15) is 32.6 Å². The first-order valence-electron chi connectivity index (χ1n) is 9.92. The molecule has 1 aromatic rings. The van der Waals surface area contributed by atoms with Gasteiger partial charge in [0.25, 0.3) is 0 Å². The zero-order chi connectivity index (χ0) is 20.8. The Morgan fingerprint density at radius 1 is 1.28 bits per heavy atom. The van der Waals surface area contributed by atoms with Crippen molar-refractivity contribution in [2.75, 3.05) is 37.8 Å². The molecule has 0 aromatic heterocycles. The summed E-state index contributed by atoms with van der Waals surface area (Å²) < 4.78 is 5.04. The fraction of sp³-hybridized carbons (Fsp3) is 0.550. The number of esters is 1. The Kier molecular flexibility index (Phi) is 7.75. The van der Waals surface area contributed by atoms with Crippen molar-refractivity contribution >= 4 is 46.6 Å². The number of amidine groups is 1. The maximum Gasteiger partial charge on any atom is 0.306 e. The summed E-state index contributed by atoms with van der Waals surface area (Å²) >= 11 is 12.0. The molecule has 2 heterocycles. The van der Waals surface area contributed by atoms with Crippen molar-refractivity contribution in [3.63, 3.8) is 0 Å². The standard InChI is InChI=1S/C20H26Cl2N4O3/c1-2-29-20(28)10-14-4-3-8-25(12-14)13-19(27)23-18-7-9-26(24-18)15-5-6-16(21)17(22)11-15/h5-6,11,14H,2-4,7-10,12-13H2,1H3,(H,23,24,27). The van der Waals surface area contributed by atoms with E-state index in [1.165, 1.54) is 0 Å². The first kappa shape index (κ1) is 21.9. The van der Waals surface area contributed by atoms with Gasteiger partial charge >= 0.3 is 5.97 Å². The molecule has 158 valence electrons. The van der Waals surface area contributed by atoms with E-state index >= 15 is 0 Å². The number of likely N-dealkylation sites (tertiary alicyclic amines) is 1. The molecule has 0 radical (unpaired) electrons. The number of anilines is 1. The molecule has 1 aromatic carbocycles. The van der Waals surface area contributed by atoms with E-state index in [0.29, 0.717) is 48.4 Å². The second-order valence-corrected chi connectivity index (χ2v) is 8.13. The lowest BCUT2D eigenvalue weighted by Gasteiger charge is -2.31. The van der Waals surface area contributed by atoms with Gasteiger partial charge in [0.05, 0.1) is 28.9 Å². The molecule has 1 unspecified atom stereocenters. The Morgan fingerprint density at radius 3 is 2.86 bits per heavy atom. The van der Waals surface area contributed by atoms with Crippen molar-refractivity contribution in [1.82, 2.24) is 10.2 Å². The lowest BCUT2D eigenvalue weighted by atomic mass is 9.95. The number of ether oxygens (including phenoxy) is 1. The molecule has 1 fully saturated rings. The van der Waals surface area contributed by atoms with Gasteiger partial charge in [-0.2, -0.15) is 5.10 Å². The Labute approximate surface area is 181 Å². The predicted molar refractivity (Wildman–Crippen MR) is 114 cm³/mol. The first-order chi connectivity index (χ1) is 13.9. The lowest BCUT2D eigenvalue weighted by molar-refractivity contribution is -0.144. The number of carbonyl (C=O) groups is 2. The number of hydrogen-bond donors (Lipinski definition) is 1. The van der Waals surface area contributed by atoms with Gasteiger partial charge in [0, 0.05) is 25.9 Å². The maximum absolute atomic E-state index is 12.5. The quantitative estimate of drug-likeness (QED) is 0.686. The first-order valence-corrected chi connectivity index (χ1v) is 10.7. The summed E-state index contributed by atoms with van der Waals surface area (Å²) in [7, 11) is 0. The summed E-state index contributed by atoms with van der Waals surface area (Å²) in [5.74, 6) is 0.633. The molecule has 0 spiro atoms. The topological polar surface area (TPSA) is 74.2 Å². The molecule has 2 aliphatic heterocycles. The van der Waals surface area contributed by atoms with Crippen LogP contribution >= 0.6 is 23.2 Å². The van der Waals surface area contributed by atoms with Gasteiger partial charge in [-0.05, 0) is 50.4 Å². The molecule has 0 bridgehead atoms. The molecule has 9 heteroatoms. The van der Waals surface area contributed by atoms with Crippen molar-refractivity contribution in [2.45, 2.75) is 32.6 Å². The normalized spacial score (nSPS) is 19.8. The van der Waals surface area contributed by atoms with Crippen LogP contribution < -0.4 is 10.3 Å². The number of benzene rings is 1. The number of piperidine rings is 1. The van der Waals surface area contributed by atoms with Crippen molar-refractivity contribution < 1.29 is 14.3 Å². The molecule has 0 saturated carbocycles. The molecule has 7 nitrogen and oxygen atoms in total. The number of carbonyl (C=O) groups excluding carboxylic acids is 2. The van der Waals surface area contributed by atoms with E-state index in [4.69, 9.17) is 27.9 Å². The Balaban J connectivity index is 1.49. The Bertz CT molecular complexity index is 787. The fourth-order valence-electron chi connectivity index (χ4n) is 3.70. The van der Waals surface area contributed by atoms with Gasteiger partial charge in [0.15, 0.2) is 0 Å². The van der Waals surface area contributed by atoms with Crippen molar-refractivity contribution in [3.05, 3.63) is 28.2 Å². The van der Waals surface area contributed by atoms with E-state index in [9.17, 15) is 9.59 Å². The van der Waals surface area contributed by atoms with Crippen LogP contribution in [0.2, 0.25) is 10.0 Å². The monoisotopic (exact) mass is 440 g/mol. The van der Waals surface area contributed by atoms with Gasteiger partial charge in [-0.3, -0.25) is 19.5 Å². The minimum atomic E-state index is -0.161. The van der Waals surface area contributed by atoms with Crippen LogP contribution in [0.5, 0.6) is 0 Å². The number of amides is 1. The second kappa shape index (κ2) is 10.3. The van der Waals surface area contributed by atoms with E-state index in [0.717, 1.165) is 31.6 Å². The van der Waals surface area contributed by atoms with Crippen molar-refractivity contribution in [2.24, 2.45) is 11.0 Å². The highest BCUT2D eigenvalue weighted by Crippen LogP contribution is 2.28. The highest BCUT2D eigenvalue weighted by atomic mass is 35.5. The van der Waals surface area contributed by atoms with Crippen molar-refractivity contribution in [3.8, 4) is 0 Å². The molecular formula is C20H26Cl2N4O3. The fourth-order valence-corrected chi connectivity index (χ4v) is 3.99. The van der Waals surface area contributed by atoms with Crippen LogP contribution in [0.25, 0.3) is 0 Å². The third-order valence-corrected chi connectivity index (χ3v) is 5.76. The number of halogens is 2. The van der Waals surface area contributed by atoms with Crippen LogP contribution in [0.15, 0.2) is 23.3 Å². The highest BCUT2D eigenvalue weighted by molar-refractivity contribution is 6.42. The van der Waals surface area contributed by atoms with Crippen molar-refractivity contribution in [1.29, 1.82) is 0 Å². The zero-order valence-electron chi connectivity index (χ0n) is 16.5. The summed E-state index contributed by atoms with van der Waals surface area (Å²) in [5, 5.41) is 10.1. The summed E-state index contributed by atoms with van der Waals surface area (Å²) in [6.45, 7) is 4.76. The Morgan fingerprint density at radius 2 is 2.10 bits per heavy atom. The van der Waals surface area contributed by atoms with E-state index in [2.05, 4.69) is 15.3 Å². The molecule has 2 aliphatic rings. The van der Waals surface area contributed by atoms with Gasteiger partial charge in [0.1, 0.15) is 5.84 Å². The summed E-state index contributed by atoms with van der Waals surface area (Å²) in [6, 6.07) is 5.34. The Hall–Kier alpha value is -1.83. The molecule has 1 saturated heterocycles. The minimum Gasteiger partial charge on any atom is -0.466 e. The van der Waals surface area contributed by atoms with Crippen LogP contribution in [0.3, 0.4) is 0 Å². The largest absolute Gasteiger partial charge is 0.466 e. The SMILES string of the molecule is CCOC(=O)CC1CCCN(CC(=O)NC2=NN(c3ccc(Cl)c(Cl)c3)CC2)C1. The minimum absolute atomic E-state index is 0.0866. The summed E-state index contributed by atoms with van der Waals surface area (Å²) in [6.07, 6.45) is 3.03. The third-order valence-electron chi connectivity index (χ3n) is 5.02. The molecule has 1 amide bonds. The number of nitrogens with zero attached hydrogens (tertiary/aromatic N) is 3. The molecule has 29 heavy (non-hydrogen) atoms. The predicted octanol–water partition coefficient (Wildman–Crippen LogP) is 3.30. The second-order valence-electron chi connectivity index (χ2n) is 7.32. The molecular weight excluding hydrogens is 415 g/mol.